The number of methoxy groups -OCH3 is 1. The zero-order chi connectivity index (χ0) is 13.8. The number of carbonyl (C=O) groups excluding carboxylic acids is 1. The molecule has 1 amide bonds. The Bertz CT molecular complexity index is 493. The Morgan fingerprint density at radius 3 is 2.89 bits per heavy atom. The van der Waals surface area contributed by atoms with Crippen LogP contribution in [0.2, 0.25) is 0 Å². The second kappa shape index (κ2) is 5.84. The fraction of sp³-hybridized carbons (Fsp3) is 0.357. The molecule has 1 aromatic carbocycles. The lowest BCUT2D eigenvalue weighted by Gasteiger charge is -2.26. The molecule has 4 nitrogen and oxygen atoms in total. The van der Waals surface area contributed by atoms with E-state index >= 15 is 0 Å². The minimum Gasteiger partial charge on any atom is -0.507 e. The fourth-order valence-electron chi connectivity index (χ4n) is 2.09. The van der Waals surface area contributed by atoms with Crippen molar-refractivity contribution in [2.24, 2.45) is 0 Å². The lowest BCUT2D eigenvalue weighted by atomic mass is 10.1. The highest BCUT2D eigenvalue weighted by Crippen LogP contribution is 2.23. The van der Waals surface area contributed by atoms with Crippen LogP contribution in [0, 0.1) is 5.82 Å². The molecule has 0 bridgehead atoms. The average molecular weight is 265 g/mol. The highest BCUT2D eigenvalue weighted by atomic mass is 19.1. The van der Waals surface area contributed by atoms with E-state index < -0.39 is 11.7 Å². The second-order valence-electron chi connectivity index (χ2n) is 4.43. The van der Waals surface area contributed by atoms with Gasteiger partial charge in [0.1, 0.15) is 17.1 Å². The summed E-state index contributed by atoms with van der Waals surface area (Å²) in [4.78, 5) is 13.7. The summed E-state index contributed by atoms with van der Waals surface area (Å²) in [5.74, 6) is -1.50. The molecule has 0 saturated carbocycles. The van der Waals surface area contributed by atoms with Crippen LogP contribution >= 0.6 is 0 Å². The highest BCUT2D eigenvalue weighted by Gasteiger charge is 2.23. The van der Waals surface area contributed by atoms with Gasteiger partial charge in [0, 0.05) is 20.2 Å². The SMILES string of the molecule is COCC1=CCN(C(=O)c2c(O)cccc2F)CC1. The Morgan fingerprint density at radius 2 is 2.32 bits per heavy atom. The summed E-state index contributed by atoms with van der Waals surface area (Å²) in [5, 5.41) is 9.61. The number of nitrogens with zero attached hydrogens (tertiary/aromatic N) is 1. The summed E-state index contributed by atoms with van der Waals surface area (Å²) in [6, 6.07) is 3.85. The van der Waals surface area contributed by atoms with E-state index in [0.29, 0.717) is 26.1 Å². The molecular formula is C14H16FNO3. The predicted molar refractivity (Wildman–Crippen MR) is 68.5 cm³/mol. The third-order valence-electron chi connectivity index (χ3n) is 3.13. The molecule has 0 aromatic heterocycles. The highest BCUT2D eigenvalue weighted by molar-refractivity contribution is 5.97. The quantitative estimate of drug-likeness (QED) is 0.850. The molecule has 1 N–H and O–H groups in total. The number of hydrogen-bond acceptors (Lipinski definition) is 3. The summed E-state index contributed by atoms with van der Waals surface area (Å²) in [5.41, 5.74) is 0.871. The van der Waals surface area contributed by atoms with Gasteiger partial charge in [-0.25, -0.2) is 4.39 Å². The Balaban J connectivity index is 2.14. The summed E-state index contributed by atoms with van der Waals surface area (Å²) >= 11 is 0. The van der Waals surface area contributed by atoms with Crippen LogP contribution in [0.4, 0.5) is 4.39 Å². The Kier molecular flexibility index (Phi) is 4.16. The maximum absolute atomic E-state index is 13.6. The van der Waals surface area contributed by atoms with Crippen molar-refractivity contribution >= 4 is 5.91 Å². The van der Waals surface area contributed by atoms with Gasteiger partial charge in [-0.15, -0.1) is 0 Å². The first-order valence-electron chi connectivity index (χ1n) is 6.07. The van der Waals surface area contributed by atoms with Gasteiger partial charge in [-0.3, -0.25) is 4.79 Å². The number of hydrogen-bond donors (Lipinski definition) is 1. The molecule has 0 fully saturated rings. The molecule has 1 aliphatic rings. The van der Waals surface area contributed by atoms with Crippen LogP contribution in [0.25, 0.3) is 0 Å². The van der Waals surface area contributed by atoms with Gasteiger partial charge in [0.25, 0.3) is 5.91 Å². The molecular weight excluding hydrogens is 249 g/mol. The van der Waals surface area contributed by atoms with Gasteiger partial charge in [0.2, 0.25) is 0 Å². The van der Waals surface area contributed by atoms with Gasteiger partial charge in [-0.1, -0.05) is 12.1 Å². The maximum atomic E-state index is 13.6. The molecule has 0 radical (unpaired) electrons. The van der Waals surface area contributed by atoms with Crippen molar-refractivity contribution in [3.8, 4) is 5.75 Å². The number of phenols is 1. The molecule has 19 heavy (non-hydrogen) atoms. The molecule has 0 spiro atoms. The van der Waals surface area contributed by atoms with Gasteiger partial charge >= 0.3 is 0 Å². The average Bonchev–Trinajstić information content (AvgIpc) is 2.39. The summed E-state index contributed by atoms with van der Waals surface area (Å²) in [7, 11) is 1.62. The van der Waals surface area contributed by atoms with E-state index in [0.717, 1.165) is 5.57 Å². The van der Waals surface area contributed by atoms with Crippen molar-refractivity contribution in [1.82, 2.24) is 4.90 Å². The van der Waals surface area contributed by atoms with E-state index in [9.17, 15) is 14.3 Å². The number of halogens is 1. The first-order valence-corrected chi connectivity index (χ1v) is 6.07. The standard InChI is InChI=1S/C14H16FNO3/c1-19-9-10-5-7-16(8-6-10)14(18)13-11(15)3-2-4-12(13)17/h2-5,17H,6-9H2,1H3. The number of carbonyl (C=O) groups is 1. The Labute approximate surface area is 111 Å². The fourth-order valence-corrected chi connectivity index (χ4v) is 2.09. The molecule has 1 aromatic rings. The van der Waals surface area contributed by atoms with Crippen LogP contribution in [0.3, 0.4) is 0 Å². The van der Waals surface area contributed by atoms with Crippen molar-refractivity contribution in [2.45, 2.75) is 6.42 Å². The van der Waals surface area contributed by atoms with Gasteiger partial charge in [0.05, 0.1) is 6.61 Å². The normalized spacial score (nSPS) is 15.3. The van der Waals surface area contributed by atoms with Crippen LogP contribution in [-0.2, 0) is 4.74 Å². The number of rotatable bonds is 3. The minimum atomic E-state index is -0.698. The first-order chi connectivity index (χ1) is 9.13. The third kappa shape index (κ3) is 2.93. The molecule has 5 heteroatoms. The Morgan fingerprint density at radius 1 is 1.53 bits per heavy atom. The largest absolute Gasteiger partial charge is 0.507 e. The molecule has 1 aliphatic heterocycles. The van der Waals surface area contributed by atoms with E-state index in [2.05, 4.69) is 0 Å². The minimum absolute atomic E-state index is 0.258. The van der Waals surface area contributed by atoms with E-state index in [1.807, 2.05) is 6.08 Å². The predicted octanol–water partition coefficient (Wildman–Crippen LogP) is 1.95. The van der Waals surface area contributed by atoms with Crippen molar-refractivity contribution in [3.63, 3.8) is 0 Å². The molecule has 102 valence electrons. The van der Waals surface area contributed by atoms with Crippen LogP contribution in [-0.4, -0.2) is 42.7 Å². The number of ether oxygens (including phenoxy) is 1. The molecule has 0 aliphatic carbocycles. The van der Waals surface area contributed by atoms with Gasteiger partial charge in [0.15, 0.2) is 0 Å². The van der Waals surface area contributed by atoms with Crippen LogP contribution in [0.5, 0.6) is 5.75 Å². The monoisotopic (exact) mass is 265 g/mol. The molecule has 1 heterocycles. The van der Waals surface area contributed by atoms with Crippen LogP contribution in [0.1, 0.15) is 16.8 Å². The first kappa shape index (κ1) is 13.5. The number of aromatic hydroxyl groups is 1. The third-order valence-corrected chi connectivity index (χ3v) is 3.13. The van der Waals surface area contributed by atoms with E-state index in [-0.39, 0.29) is 11.3 Å². The summed E-state index contributed by atoms with van der Waals surface area (Å²) < 4.78 is 18.6. The lowest BCUT2D eigenvalue weighted by molar-refractivity contribution is 0.0757. The molecule has 2 rings (SSSR count). The van der Waals surface area contributed by atoms with Crippen molar-refractivity contribution in [2.75, 3.05) is 26.8 Å². The van der Waals surface area contributed by atoms with E-state index in [1.165, 1.54) is 23.1 Å². The molecule has 0 saturated heterocycles. The van der Waals surface area contributed by atoms with Gasteiger partial charge in [-0.2, -0.15) is 0 Å². The Hall–Kier alpha value is -1.88. The number of phenolic OH excluding ortho intramolecular Hbond substituents is 1. The lowest BCUT2D eigenvalue weighted by Crippen LogP contribution is -2.35. The number of amides is 1. The second-order valence-corrected chi connectivity index (χ2v) is 4.43. The van der Waals surface area contributed by atoms with Gasteiger partial charge in [-0.05, 0) is 24.1 Å². The number of benzene rings is 1. The summed E-state index contributed by atoms with van der Waals surface area (Å²) in [6.45, 7) is 1.46. The van der Waals surface area contributed by atoms with Gasteiger partial charge < -0.3 is 14.7 Å². The zero-order valence-electron chi connectivity index (χ0n) is 10.7. The smallest absolute Gasteiger partial charge is 0.260 e. The van der Waals surface area contributed by atoms with Crippen molar-refractivity contribution in [3.05, 3.63) is 41.2 Å². The van der Waals surface area contributed by atoms with Crippen molar-refractivity contribution < 1.29 is 19.0 Å². The molecule has 0 atom stereocenters. The van der Waals surface area contributed by atoms with Crippen molar-refractivity contribution in [1.29, 1.82) is 0 Å². The van der Waals surface area contributed by atoms with Crippen LogP contribution in [0.15, 0.2) is 29.8 Å². The zero-order valence-corrected chi connectivity index (χ0v) is 10.7. The van der Waals surface area contributed by atoms with E-state index in [1.54, 1.807) is 7.11 Å². The topological polar surface area (TPSA) is 49.8 Å². The maximum Gasteiger partial charge on any atom is 0.260 e. The van der Waals surface area contributed by atoms with Crippen LogP contribution < -0.4 is 0 Å². The molecule has 0 unspecified atom stereocenters. The van der Waals surface area contributed by atoms with E-state index in [4.69, 9.17) is 4.74 Å². The summed E-state index contributed by atoms with van der Waals surface area (Å²) in [6.07, 6.45) is 2.61.